The van der Waals surface area contributed by atoms with Gasteiger partial charge < -0.3 is 20.1 Å². The van der Waals surface area contributed by atoms with Gasteiger partial charge in [0.05, 0.1) is 20.3 Å². The van der Waals surface area contributed by atoms with E-state index in [0.717, 1.165) is 25.2 Å². The van der Waals surface area contributed by atoms with Gasteiger partial charge in [-0.2, -0.15) is 0 Å². The first-order valence-corrected chi connectivity index (χ1v) is 7.02. The standard InChI is InChI=1S/C15H22N2O3/c1-3-20-14-5-4-12(8-15(14)19-2)17-10-13(18)11-6-7-16-9-11/h4-5,8,11,16-17H,3,6-7,9-10H2,1-2H3. The van der Waals surface area contributed by atoms with E-state index in [1.54, 1.807) is 7.11 Å². The van der Waals surface area contributed by atoms with Crippen molar-refractivity contribution in [3.05, 3.63) is 18.2 Å². The molecule has 0 saturated carbocycles. The summed E-state index contributed by atoms with van der Waals surface area (Å²) in [4.78, 5) is 12.0. The second kappa shape index (κ2) is 7.14. The third-order valence-corrected chi connectivity index (χ3v) is 3.45. The van der Waals surface area contributed by atoms with Crippen LogP contribution in [0.5, 0.6) is 11.5 Å². The third-order valence-electron chi connectivity index (χ3n) is 3.45. The van der Waals surface area contributed by atoms with E-state index in [1.165, 1.54) is 0 Å². The number of anilines is 1. The molecule has 2 rings (SSSR count). The SMILES string of the molecule is CCOc1ccc(NCC(=O)C2CCNC2)cc1OC. The molecule has 0 spiro atoms. The molecule has 1 aliphatic rings. The Balaban J connectivity index is 1.93. The van der Waals surface area contributed by atoms with E-state index in [1.807, 2.05) is 25.1 Å². The molecule has 1 unspecified atom stereocenters. The molecule has 0 bridgehead atoms. The molecular formula is C15H22N2O3. The van der Waals surface area contributed by atoms with Crippen LogP contribution in [-0.2, 0) is 4.79 Å². The molecule has 0 aromatic heterocycles. The molecule has 1 heterocycles. The minimum atomic E-state index is 0.145. The topological polar surface area (TPSA) is 59.6 Å². The fraction of sp³-hybridized carbons (Fsp3) is 0.533. The molecule has 1 saturated heterocycles. The number of benzene rings is 1. The molecule has 1 aromatic carbocycles. The van der Waals surface area contributed by atoms with Crippen LogP contribution >= 0.6 is 0 Å². The van der Waals surface area contributed by atoms with Crippen LogP contribution in [-0.4, -0.2) is 39.1 Å². The molecule has 1 aromatic rings. The maximum Gasteiger partial charge on any atom is 0.162 e. The minimum absolute atomic E-state index is 0.145. The van der Waals surface area contributed by atoms with Crippen molar-refractivity contribution in [3.8, 4) is 11.5 Å². The normalized spacial score (nSPS) is 17.8. The second-order valence-electron chi connectivity index (χ2n) is 4.81. The lowest BCUT2D eigenvalue weighted by Gasteiger charge is -2.13. The molecule has 20 heavy (non-hydrogen) atoms. The smallest absolute Gasteiger partial charge is 0.162 e. The van der Waals surface area contributed by atoms with Crippen LogP contribution in [0.25, 0.3) is 0 Å². The Hall–Kier alpha value is -1.75. The van der Waals surface area contributed by atoms with E-state index >= 15 is 0 Å². The molecule has 1 fully saturated rings. The average molecular weight is 278 g/mol. The predicted octanol–water partition coefficient (Wildman–Crippen LogP) is 1.68. The van der Waals surface area contributed by atoms with Crippen LogP contribution < -0.4 is 20.1 Å². The molecule has 0 amide bonds. The van der Waals surface area contributed by atoms with Gasteiger partial charge in [0.15, 0.2) is 17.3 Å². The van der Waals surface area contributed by atoms with Crippen molar-refractivity contribution in [2.75, 3.05) is 38.7 Å². The number of carbonyl (C=O) groups is 1. The molecule has 0 radical (unpaired) electrons. The zero-order valence-electron chi connectivity index (χ0n) is 12.1. The van der Waals surface area contributed by atoms with E-state index in [-0.39, 0.29) is 11.7 Å². The lowest BCUT2D eigenvalue weighted by atomic mass is 10.0. The zero-order chi connectivity index (χ0) is 14.4. The zero-order valence-corrected chi connectivity index (χ0v) is 12.1. The van der Waals surface area contributed by atoms with Crippen molar-refractivity contribution >= 4 is 11.5 Å². The predicted molar refractivity (Wildman–Crippen MR) is 78.6 cm³/mol. The van der Waals surface area contributed by atoms with Gasteiger partial charge >= 0.3 is 0 Å². The number of ether oxygens (including phenoxy) is 2. The van der Waals surface area contributed by atoms with Crippen molar-refractivity contribution in [2.45, 2.75) is 13.3 Å². The number of hydrogen-bond donors (Lipinski definition) is 2. The highest BCUT2D eigenvalue weighted by Crippen LogP contribution is 2.30. The fourth-order valence-electron chi connectivity index (χ4n) is 2.32. The fourth-order valence-corrected chi connectivity index (χ4v) is 2.32. The summed E-state index contributed by atoms with van der Waals surface area (Å²) in [5.41, 5.74) is 0.865. The van der Waals surface area contributed by atoms with Crippen LogP contribution in [0.1, 0.15) is 13.3 Å². The summed E-state index contributed by atoms with van der Waals surface area (Å²) in [5, 5.41) is 6.36. The first kappa shape index (κ1) is 14.7. The van der Waals surface area contributed by atoms with Crippen molar-refractivity contribution in [3.63, 3.8) is 0 Å². The number of carbonyl (C=O) groups excluding carboxylic acids is 1. The maximum absolute atomic E-state index is 12.0. The number of hydrogen-bond acceptors (Lipinski definition) is 5. The summed E-state index contributed by atoms with van der Waals surface area (Å²) in [5.74, 6) is 1.79. The molecule has 1 aliphatic heterocycles. The van der Waals surface area contributed by atoms with Crippen molar-refractivity contribution < 1.29 is 14.3 Å². The Morgan fingerprint density at radius 1 is 1.45 bits per heavy atom. The van der Waals surface area contributed by atoms with Gasteiger partial charge in [-0.3, -0.25) is 4.79 Å². The third kappa shape index (κ3) is 3.63. The monoisotopic (exact) mass is 278 g/mol. The summed E-state index contributed by atoms with van der Waals surface area (Å²) in [6.07, 6.45) is 0.938. The first-order chi connectivity index (χ1) is 9.74. The van der Waals surface area contributed by atoms with Crippen molar-refractivity contribution in [1.82, 2.24) is 5.32 Å². The summed E-state index contributed by atoms with van der Waals surface area (Å²) in [6.45, 7) is 4.61. The first-order valence-electron chi connectivity index (χ1n) is 7.02. The quantitative estimate of drug-likeness (QED) is 0.795. The summed E-state index contributed by atoms with van der Waals surface area (Å²) in [6, 6.07) is 5.60. The van der Waals surface area contributed by atoms with Gasteiger partial charge in [-0.25, -0.2) is 0 Å². The molecule has 1 atom stereocenters. The Morgan fingerprint density at radius 3 is 2.95 bits per heavy atom. The highest BCUT2D eigenvalue weighted by molar-refractivity contribution is 5.85. The van der Waals surface area contributed by atoms with E-state index in [2.05, 4.69) is 10.6 Å². The number of ketones is 1. The van der Waals surface area contributed by atoms with Crippen LogP contribution in [0.4, 0.5) is 5.69 Å². The molecule has 2 N–H and O–H groups in total. The minimum Gasteiger partial charge on any atom is -0.493 e. The molecule has 5 nitrogen and oxygen atoms in total. The molecule has 110 valence electrons. The Morgan fingerprint density at radius 2 is 2.30 bits per heavy atom. The summed E-state index contributed by atoms with van der Waals surface area (Å²) < 4.78 is 10.7. The van der Waals surface area contributed by atoms with Crippen LogP contribution in [0.15, 0.2) is 18.2 Å². The van der Waals surface area contributed by atoms with Gasteiger partial charge in [0.2, 0.25) is 0 Å². The Kier molecular flexibility index (Phi) is 5.24. The van der Waals surface area contributed by atoms with Crippen molar-refractivity contribution in [1.29, 1.82) is 0 Å². The van der Waals surface area contributed by atoms with Crippen LogP contribution in [0.3, 0.4) is 0 Å². The lowest BCUT2D eigenvalue weighted by Crippen LogP contribution is -2.24. The average Bonchev–Trinajstić information content (AvgIpc) is 3.00. The molecule has 0 aliphatic carbocycles. The number of methoxy groups -OCH3 is 1. The number of rotatable bonds is 7. The number of Topliss-reactive ketones (excluding diaryl/α,β-unsaturated/α-hetero) is 1. The van der Waals surface area contributed by atoms with Gasteiger partial charge in [-0.05, 0) is 32.0 Å². The van der Waals surface area contributed by atoms with E-state index in [0.29, 0.717) is 24.7 Å². The van der Waals surface area contributed by atoms with E-state index in [4.69, 9.17) is 9.47 Å². The molecule has 5 heteroatoms. The van der Waals surface area contributed by atoms with Crippen LogP contribution in [0, 0.1) is 5.92 Å². The van der Waals surface area contributed by atoms with Gasteiger partial charge in [0, 0.05) is 24.2 Å². The highest BCUT2D eigenvalue weighted by Gasteiger charge is 2.21. The van der Waals surface area contributed by atoms with Gasteiger partial charge in [0.1, 0.15) is 0 Å². The largest absolute Gasteiger partial charge is 0.493 e. The maximum atomic E-state index is 12.0. The summed E-state index contributed by atoms with van der Waals surface area (Å²) >= 11 is 0. The Bertz CT molecular complexity index is 456. The van der Waals surface area contributed by atoms with Gasteiger partial charge in [0.25, 0.3) is 0 Å². The molecular weight excluding hydrogens is 256 g/mol. The second-order valence-corrected chi connectivity index (χ2v) is 4.81. The van der Waals surface area contributed by atoms with E-state index < -0.39 is 0 Å². The lowest BCUT2D eigenvalue weighted by molar-refractivity contribution is -0.120. The van der Waals surface area contributed by atoms with Crippen LogP contribution in [0.2, 0.25) is 0 Å². The van der Waals surface area contributed by atoms with Crippen molar-refractivity contribution in [2.24, 2.45) is 5.92 Å². The Labute approximate surface area is 119 Å². The van der Waals surface area contributed by atoms with E-state index in [9.17, 15) is 4.79 Å². The van der Waals surface area contributed by atoms with Gasteiger partial charge in [-0.15, -0.1) is 0 Å². The summed E-state index contributed by atoms with van der Waals surface area (Å²) in [7, 11) is 1.61. The number of nitrogens with one attached hydrogen (secondary N) is 2. The highest BCUT2D eigenvalue weighted by atomic mass is 16.5. The van der Waals surface area contributed by atoms with Gasteiger partial charge in [-0.1, -0.05) is 0 Å².